The van der Waals surface area contributed by atoms with Gasteiger partial charge >= 0.3 is 5.97 Å². The summed E-state index contributed by atoms with van der Waals surface area (Å²) in [6, 6.07) is -0.212. The van der Waals surface area contributed by atoms with Gasteiger partial charge in [0.1, 0.15) is 0 Å². The largest absolute Gasteiger partial charge is 0.466 e. The minimum Gasteiger partial charge on any atom is -0.466 e. The molecule has 2 atom stereocenters. The average Bonchev–Trinajstić information content (AvgIpc) is 2.31. The summed E-state index contributed by atoms with van der Waals surface area (Å²) in [5.41, 5.74) is 0. The molecule has 4 nitrogen and oxygen atoms in total. The van der Waals surface area contributed by atoms with Crippen molar-refractivity contribution in [1.82, 2.24) is 4.72 Å². The summed E-state index contributed by atoms with van der Waals surface area (Å²) in [6.07, 6.45) is 2.44. The minimum atomic E-state index is -1.20. The first-order valence-electron chi connectivity index (χ1n) is 6.41. The summed E-state index contributed by atoms with van der Waals surface area (Å²) in [7, 11) is -1.20. The number of rotatable bonds is 7. The lowest BCUT2D eigenvalue weighted by atomic mass is 10.2. The number of halogens is 1. The molecule has 0 spiro atoms. The van der Waals surface area contributed by atoms with Crippen molar-refractivity contribution in [2.24, 2.45) is 0 Å². The highest BCUT2D eigenvalue weighted by Crippen LogP contribution is 2.16. The van der Waals surface area contributed by atoms with Crippen LogP contribution in [0.15, 0.2) is 11.1 Å². The van der Waals surface area contributed by atoms with E-state index in [2.05, 4.69) is 4.72 Å². The van der Waals surface area contributed by atoms with Crippen molar-refractivity contribution < 1.29 is 13.7 Å². The third kappa shape index (κ3) is 7.70. The van der Waals surface area contributed by atoms with Gasteiger partial charge in [0.25, 0.3) is 0 Å². The van der Waals surface area contributed by atoms with Crippen LogP contribution >= 0.6 is 11.6 Å². The molecule has 0 aromatic heterocycles. The molecule has 112 valence electrons. The molecule has 0 aliphatic carbocycles. The summed E-state index contributed by atoms with van der Waals surface area (Å²) in [4.78, 5) is 11.2. The van der Waals surface area contributed by atoms with Gasteiger partial charge in [0, 0.05) is 5.03 Å². The van der Waals surface area contributed by atoms with E-state index in [9.17, 15) is 9.00 Å². The molecule has 1 unspecified atom stereocenters. The molecular formula is C13H24ClNO3S. The van der Waals surface area contributed by atoms with E-state index in [4.69, 9.17) is 16.3 Å². The molecule has 0 fully saturated rings. The zero-order chi connectivity index (χ0) is 15.1. The third-order valence-corrected chi connectivity index (χ3v) is 4.34. The smallest absolute Gasteiger partial charge is 0.309 e. The van der Waals surface area contributed by atoms with Crippen LogP contribution in [0, 0.1) is 0 Å². The Kier molecular flexibility index (Phi) is 8.54. The lowest BCUT2D eigenvalue weighted by Gasteiger charge is -2.23. The number of esters is 1. The van der Waals surface area contributed by atoms with Crippen molar-refractivity contribution in [3.63, 3.8) is 0 Å². The fraction of sp³-hybridized carbons (Fsp3) is 0.769. The van der Waals surface area contributed by atoms with Gasteiger partial charge in [-0.3, -0.25) is 4.79 Å². The molecular weight excluding hydrogens is 286 g/mol. The molecule has 0 radical (unpaired) electrons. The van der Waals surface area contributed by atoms with Crippen LogP contribution in [0.1, 0.15) is 47.5 Å². The topological polar surface area (TPSA) is 55.4 Å². The Balaban J connectivity index is 4.55. The van der Waals surface area contributed by atoms with Gasteiger partial charge in [0.15, 0.2) is 0 Å². The number of nitrogens with one attached hydrogen (secondary N) is 1. The molecule has 1 N–H and O–H groups in total. The predicted octanol–water partition coefficient (Wildman–Crippen LogP) is 2.89. The molecule has 0 rings (SSSR count). The molecule has 0 heterocycles. The first-order valence-corrected chi connectivity index (χ1v) is 7.94. The molecule has 0 bridgehead atoms. The van der Waals surface area contributed by atoms with E-state index in [0.29, 0.717) is 18.1 Å². The Labute approximate surface area is 123 Å². The van der Waals surface area contributed by atoms with Crippen molar-refractivity contribution in [3.05, 3.63) is 11.1 Å². The molecule has 0 aromatic carbocycles. The lowest BCUT2D eigenvalue weighted by molar-refractivity contribution is -0.142. The Morgan fingerprint density at radius 3 is 2.42 bits per heavy atom. The van der Waals surface area contributed by atoms with Crippen LogP contribution in [0.4, 0.5) is 0 Å². The highest BCUT2D eigenvalue weighted by Gasteiger charge is 2.23. The van der Waals surface area contributed by atoms with E-state index in [1.165, 1.54) is 0 Å². The van der Waals surface area contributed by atoms with E-state index >= 15 is 0 Å². The Morgan fingerprint density at radius 2 is 2.00 bits per heavy atom. The first-order chi connectivity index (χ1) is 8.72. The Bertz CT molecular complexity index is 350. The summed E-state index contributed by atoms with van der Waals surface area (Å²) in [5.74, 6) is -0.313. The number of carbonyl (C=O) groups is 1. The molecule has 0 amide bonds. The quantitative estimate of drug-likeness (QED) is 0.736. The maximum absolute atomic E-state index is 12.0. The van der Waals surface area contributed by atoms with Crippen LogP contribution in [-0.4, -0.2) is 27.6 Å². The molecule has 6 heteroatoms. The second-order valence-electron chi connectivity index (χ2n) is 5.06. The fourth-order valence-electron chi connectivity index (χ4n) is 1.18. The third-order valence-electron chi connectivity index (χ3n) is 2.32. The van der Waals surface area contributed by atoms with Gasteiger partial charge in [-0.1, -0.05) is 24.6 Å². The highest BCUT2D eigenvalue weighted by atomic mass is 35.5. The SMILES string of the molecule is CCOC(=O)C/C=C(/Cl)[C@H](CC)NS(=O)C(C)(C)C. The van der Waals surface area contributed by atoms with Crippen molar-refractivity contribution in [1.29, 1.82) is 0 Å². The minimum absolute atomic E-state index is 0.132. The Hall–Kier alpha value is -0.390. The van der Waals surface area contributed by atoms with E-state index in [-0.39, 0.29) is 23.2 Å². The van der Waals surface area contributed by atoms with Gasteiger partial charge in [-0.15, -0.1) is 0 Å². The monoisotopic (exact) mass is 309 g/mol. The second-order valence-corrected chi connectivity index (χ2v) is 7.49. The second kappa shape index (κ2) is 8.72. The average molecular weight is 310 g/mol. The van der Waals surface area contributed by atoms with Crippen LogP contribution in [0.5, 0.6) is 0 Å². The summed E-state index contributed by atoms with van der Waals surface area (Å²) in [6.45, 7) is 9.72. The normalized spacial score (nSPS) is 16.0. The van der Waals surface area contributed by atoms with Crippen LogP contribution < -0.4 is 4.72 Å². The molecule has 0 saturated heterocycles. The number of hydrogen-bond donors (Lipinski definition) is 1. The molecule has 0 aliphatic heterocycles. The fourth-order valence-corrected chi connectivity index (χ4v) is 2.44. The van der Waals surface area contributed by atoms with Crippen LogP contribution in [0.25, 0.3) is 0 Å². The number of carbonyl (C=O) groups excluding carboxylic acids is 1. The van der Waals surface area contributed by atoms with Gasteiger partial charge in [-0.2, -0.15) is 0 Å². The maximum Gasteiger partial charge on any atom is 0.309 e. The van der Waals surface area contributed by atoms with Crippen molar-refractivity contribution in [2.45, 2.75) is 58.2 Å². The van der Waals surface area contributed by atoms with Crippen molar-refractivity contribution >= 4 is 28.6 Å². The van der Waals surface area contributed by atoms with Crippen molar-refractivity contribution in [3.8, 4) is 0 Å². The lowest BCUT2D eigenvalue weighted by Crippen LogP contribution is -2.39. The van der Waals surface area contributed by atoms with Crippen molar-refractivity contribution in [2.75, 3.05) is 6.61 Å². The molecule has 0 aromatic rings. The predicted molar refractivity (Wildman–Crippen MR) is 80.3 cm³/mol. The van der Waals surface area contributed by atoms with Crippen LogP contribution in [-0.2, 0) is 20.5 Å². The first kappa shape index (κ1) is 18.6. The Morgan fingerprint density at radius 1 is 1.42 bits per heavy atom. The number of ether oxygens (including phenoxy) is 1. The van der Waals surface area contributed by atoms with E-state index in [1.54, 1.807) is 13.0 Å². The van der Waals surface area contributed by atoms with E-state index < -0.39 is 11.0 Å². The zero-order valence-electron chi connectivity index (χ0n) is 12.3. The molecule has 0 aliphatic rings. The van der Waals surface area contributed by atoms with Gasteiger partial charge in [-0.25, -0.2) is 8.93 Å². The number of hydrogen-bond acceptors (Lipinski definition) is 3. The highest BCUT2D eigenvalue weighted by molar-refractivity contribution is 7.84. The molecule has 0 saturated carbocycles. The maximum atomic E-state index is 12.0. The molecule has 19 heavy (non-hydrogen) atoms. The van der Waals surface area contributed by atoms with E-state index in [1.807, 2.05) is 27.7 Å². The van der Waals surface area contributed by atoms with Gasteiger partial charge < -0.3 is 4.74 Å². The summed E-state index contributed by atoms with van der Waals surface area (Å²) in [5, 5.41) is 0.494. The standard InChI is InChI=1S/C13H24ClNO3S/c1-6-11(15-19(17)13(3,4)5)10(14)8-9-12(16)18-7-2/h8,11,15H,6-7,9H2,1-5H3/b10-8+/t11-,19?/m0/s1. The van der Waals surface area contributed by atoms with Gasteiger partial charge in [0.05, 0.1) is 34.8 Å². The zero-order valence-corrected chi connectivity index (χ0v) is 13.9. The van der Waals surface area contributed by atoms with Gasteiger partial charge in [0.2, 0.25) is 0 Å². The van der Waals surface area contributed by atoms with E-state index in [0.717, 1.165) is 0 Å². The summed E-state index contributed by atoms with van der Waals surface area (Å²) < 4.78 is 19.4. The summed E-state index contributed by atoms with van der Waals surface area (Å²) >= 11 is 6.14. The van der Waals surface area contributed by atoms with Crippen LogP contribution in [0.2, 0.25) is 0 Å². The van der Waals surface area contributed by atoms with Crippen LogP contribution in [0.3, 0.4) is 0 Å². The van der Waals surface area contributed by atoms with Gasteiger partial charge in [-0.05, 0) is 34.1 Å².